The van der Waals surface area contributed by atoms with Gasteiger partial charge in [-0.05, 0) is 48.0 Å². The lowest BCUT2D eigenvalue weighted by Gasteiger charge is -2.19. The summed E-state index contributed by atoms with van der Waals surface area (Å²) in [4.78, 5) is 43.2. The van der Waals surface area contributed by atoms with Crippen LogP contribution in [0, 0.1) is 18.3 Å². The summed E-state index contributed by atoms with van der Waals surface area (Å²) in [6, 6.07) is 8.79. The minimum atomic E-state index is -4.83. The third-order valence-electron chi connectivity index (χ3n) is 5.61. The normalized spacial score (nSPS) is 11.0. The van der Waals surface area contributed by atoms with E-state index in [2.05, 4.69) is 41.0 Å². The van der Waals surface area contributed by atoms with Crippen LogP contribution in [0.5, 0.6) is 0 Å². The Balaban J connectivity index is 1.74. The summed E-state index contributed by atoms with van der Waals surface area (Å²) in [5.41, 5.74) is 2.36. The molecular weight excluding hydrogens is 599 g/mol. The molecule has 0 saturated heterocycles. The minimum Gasteiger partial charge on any atom is -0.452 e. The number of nitrogens with one attached hydrogen (secondary N) is 2. The van der Waals surface area contributed by atoms with Gasteiger partial charge in [0, 0.05) is 18.3 Å². The fourth-order valence-electron chi connectivity index (χ4n) is 3.71. The number of tetrazole rings is 1. The van der Waals surface area contributed by atoms with Gasteiger partial charge in [-0.1, -0.05) is 11.6 Å². The average Bonchev–Trinajstić information content (AvgIpc) is 3.61. The van der Waals surface area contributed by atoms with Crippen molar-refractivity contribution in [3.8, 4) is 11.9 Å². The number of nitrogens with zero attached hydrogens (tertiary/aromatic N) is 9. The molecule has 0 fully saturated rings. The Hall–Kier alpha value is -5.57. The van der Waals surface area contributed by atoms with Gasteiger partial charge < -0.3 is 10.1 Å². The molecule has 1 aromatic carbocycles. The molecule has 2 N–H and O–H groups in total. The molecule has 19 heteroatoms. The van der Waals surface area contributed by atoms with Crippen molar-refractivity contribution in [3.05, 3.63) is 75.5 Å². The minimum absolute atomic E-state index is 0.00811. The number of alkyl halides is 3. The summed E-state index contributed by atoms with van der Waals surface area (Å²) in [6.45, 7) is 1.13. The number of halogens is 4. The molecular formula is C24H19ClF3N11O4. The van der Waals surface area contributed by atoms with Crippen LogP contribution < -0.4 is 10.7 Å². The Morgan fingerprint density at radius 3 is 2.58 bits per heavy atom. The molecule has 15 nitrogen and oxygen atoms in total. The zero-order valence-electron chi connectivity index (χ0n) is 22.3. The molecule has 4 aromatic rings. The van der Waals surface area contributed by atoms with Crippen LogP contribution in [0.4, 0.5) is 23.7 Å². The van der Waals surface area contributed by atoms with Crippen molar-refractivity contribution in [2.45, 2.75) is 19.6 Å². The second-order valence-electron chi connectivity index (χ2n) is 8.63. The molecule has 0 spiro atoms. The lowest BCUT2D eigenvalue weighted by Crippen LogP contribution is -2.43. The van der Waals surface area contributed by atoms with Gasteiger partial charge in [0.1, 0.15) is 18.3 Å². The predicted octanol–water partition coefficient (Wildman–Crippen LogP) is 2.75. The second-order valence-corrected chi connectivity index (χ2v) is 9.07. The lowest BCUT2D eigenvalue weighted by molar-refractivity contribution is -0.145. The number of carbonyl (C=O) groups is 3. The maximum absolute atomic E-state index is 13.7. The predicted molar refractivity (Wildman–Crippen MR) is 140 cm³/mol. The first-order chi connectivity index (χ1) is 20.3. The molecule has 0 unspecified atom stereocenters. The highest BCUT2D eigenvalue weighted by atomic mass is 35.5. The molecule has 4 rings (SSSR count). The molecule has 0 saturated carbocycles. The lowest BCUT2D eigenvalue weighted by atomic mass is 10.1. The van der Waals surface area contributed by atoms with E-state index in [0.717, 1.165) is 16.8 Å². The number of hydrogen-bond acceptors (Lipinski definition) is 10. The Bertz CT molecular complexity index is 1760. The number of nitriles is 1. The standard InChI is InChI=1S/C24H19ClF3N11O4/c1-12-7-14(25)8-16(20(40)34-37(2)23(42)43-3)18(12)31-21(41)17-9-15(11-38-35-22(32-36-38)24(26,27)28)33-39(17)19-13(10-29)5-4-6-30-19/h4-9H,11H2,1-3H3,(H,31,41)(H,34,40). The van der Waals surface area contributed by atoms with E-state index in [-0.39, 0.29) is 39.0 Å². The van der Waals surface area contributed by atoms with Gasteiger partial charge in [0.15, 0.2) is 5.82 Å². The van der Waals surface area contributed by atoms with Crippen LogP contribution in [0.3, 0.4) is 0 Å². The van der Waals surface area contributed by atoms with Crippen molar-refractivity contribution in [1.82, 2.24) is 45.4 Å². The summed E-state index contributed by atoms with van der Waals surface area (Å²) in [5, 5.41) is 27.0. The fraction of sp³-hybridized carbons (Fsp3) is 0.208. The summed E-state index contributed by atoms with van der Waals surface area (Å²) < 4.78 is 44.4. The Morgan fingerprint density at radius 1 is 1.19 bits per heavy atom. The van der Waals surface area contributed by atoms with Gasteiger partial charge in [-0.15, -0.1) is 10.2 Å². The number of aromatic nitrogens is 7. The summed E-state index contributed by atoms with van der Waals surface area (Å²) in [6.07, 6.45) is -4.36. The van der Waals surface area contributed by atoms with Crippen LogP contribution in [-0.2, 0) is 17.5 Å². The van der Waals surface area contributed by atoms with Crippen LogP contribution in [-0.4, -0.2) is 72.0 Å². The topological polar surface area (TPSA) is 186 Å². The number of hydrazine groups is 1. The number of hydrogen-bond donors (Lipinski definition) is 2. The number of carbonyl (C=O) groups excluding carboxylic acids is 3. The molecule has 0 radical (unpaired) electrons. The first-order valence-corrected chi connectivity index (χ1v) is 12.2. The van der Waals surface area contributed by atoms with Gasteiger partial charge in [0.2, 0.25) is 0 Å². The summed E-state index contributed by atoms with van der Waals surface area (Å²) in [7, 11) is 2.35. The van der Waals surface area contributed by atoms with E-state index in [1.807, 2.05) is 6.07 Å². The smallest absolute Gasteiger partial charge is 0.452 e. The quantitative estimate of drug-likeness (QED) is 0.305. The number of amides is 3. The van der Waals surface area contributed by atoms with Crippen molar-refractivity contribution in [2.24, 2.45) is 0 Å². The zero-order valence-corrected chi connectivity index (χ0v) is 23.1. The first kappa shape index (κ1) is 30.4. The van der Waals surface area contributed by atoms with Gasteiger partial charge >= 0.3 is 12.3 Å². The number of pyridine rings is 1. The van der Waals surface area contributed by atoms with Crippen LogP contribution in [0.15, 0.2) is 36.5 Å². The highest BCUT2D eigenvalue weighted by Crippen LogP contribution is 2.28. The van der Waals surface area contributed by atoms with E-state index in [0.29, 0.717) is 10.4 Å². The van der Waals surface area contributed by atoms with Crippen LogP contribution >= 0.6 is 11.6 Å². The monoisotopic (exact) mass is 617 g/mol. The molecule has 3 heterocycles. The fourth-order valence-corrected chi connectivity index (χ4v) is 3.99. The van der Waals surface area contributed by atoms with Crippen molar-refractivity contribution in [2.75, 3.05) is 19.5 Å². The Kier molecular flexibility index (Phi) is 8.56. The largest absolute Gasteiger partial charge is 0.455 e. The van der Waals surface area contributed by atoms with Crippen LogP contribution in [0.1, 0.15) is 43.5 Å². The van der Waals surface area contributed by atoms with E-state index < -0.39 is 36.5 Å². The number of anilines is 1. The molecule has 0 atom stereocenters. The third-order valence-corrected chi connectivity index (χ3v) is 5.83. The van der Waals surface area contributed by atoms with Crippen molar-refractivity contribution in [3.63, 3.8) is 0 Å². The molecule has 3 aromatic heterocycles. The molecule has 0 aliphatic carbocycles. The number of benzene rings is 1. The van der Waals surface area contributed by atoms with Crippen molar-refractivity contribution >= 4 is 35.2 Å². The van der Waals surface area contributed by atoms with Crippen LogP contribution in [0.25, 0.3) is 5.82 Å². The molecule has 43 heavy (non-hydrogen) atoms. The van der Waals surface area contributed by atoms with E-state index in [1.165, 1.54) is 43.6 Å². The van der Waals surface area contributed by atoms with E-state index >= 15 is 0 Å². The van der Waals surface area contributed by atoms with Crippen molar-refractivity contribution in [1.29, 1.82) is 5.26 Å². The molecule has 0 aliphatic heterocycles. The average molecular weight is 618 g/mol. The molecule has 0 aliphatic rings. The molecule has 3 amide bonds. The first-order valence-electron chi connectivity index (χ1n) is 11.9. The third kappa shape index (κ3) is 6.68. The Morgan fingerprint density at radius 2 is 1.93 bits per heavy atom. The van der Waals surface area contributed by atoms with Crippen LogP contribution in [0.2, 0.25) is 5.02 Å². The maximum Gasteiger partial charge on any atom is 0.455 e. The molecule has 0 bridgehead atoms. The van der Waals surface area contributed by atoms with E-state index in [1.54, 1.807) is 6.92 Å². The summed E-state index contributed by atoms with van der Waals surface area (Å²) in [5.74, 6) is -3.20. The maximum atomic E-state index is 13.7. The number of methoxy groups -OCH3 is 1. The highest BCUT2D eigenvalue weighted by molar-refractivity contribution is 6.31. The Labute approximate surface area is 244 Å². The van der Waals surface area contributed by atoms with Gasteiger partial charge in [-0.3, -0.25) is 15.0 Å². The number of ether oxygens (including phenoxy) is 1. The zero-order chi connectivity index (χ0) is 31.5. The van der Waals surface area contributed by atoms with E-state index in [9.17, 15) is 32.8 Å². The number of aryl methyl sites for hydroxylation is 1. The van der Waals surface area contributed by atoms with Crippen molar-refractivity contribution < 1.29 is 32.3 Å². The van der Waals surface area contributed by atoms with Gasteiger partial charge in [0.05, 0.1) is 29.6 Å². The van der Waals surface area contributed by atoms with E-state index in [4.69, 9.17) is 11.6 Å². The van der Waals surface area contributed by atoms with Gasteiger partial charge in [0.25, 0.3) is 17.6 Å². The number of rotatable bonds is 6. The van der Waals surface area contributed by atoms with Gasteiger partial charge in [-0.25, -0.2) is 19.5 Å². The van der Waals surface area contributed by atoms with Gasteiger partial charge in [-0.2, -0.15) is 28.3 Å². The summed E-state index contributed by atoms with van der Waals surface area (Å²) >= 11 is 6.15. The highest BCUT2D eigenvalue weighted by Gasteiger charge is 2.37. The molecule has 222 valence electrons. The SMILES string of the molecule is COC(=O)N(C)NC(=O)c1cc(Cl)cc(C)c1NC(=O)c1cc(Cn2nnc(C(F)(F)F)n2)nn1-c1ncccc1C#N. The second kappa shape index (κ2) is 12.1.